The molecule has 0 bridgehead atoms. The van der Waals surface area contributed by atoms with E-state index in [1.807, 2.05) is 23.5 Å². The number of benzene rings is 1. The third kappa shape index (κ3) is 2.12. The van der Waals surface area contributed by atoms with Crippen LogP contribution in [0.2, 0.25) is 0 Å². The van der Waals surface area contributed by atoms with E-state index < -0.39 is 0 Å². The maximum absolute atomic E-state index is 5.82. The SMILES string of the molecule is CCc1ccsc1Cn1c(C)nc2cc(N)ccc21. The Kier molecular flexibility index (Phi) is 3.03. The fourth-order valence-corrected chi connectivity index (χ4v) is 3.40. The summed E-state index contributed by atoms with van der Waals surface area (Å²) in [5.41, 5.74) is 10.1. The van der Waals surface area contributed by atoms with Crippen LogP contribution < -0.4 is 5.73 Å². The molecule has 98 valence electrons. The second-order valence-electron chi connectivity index (χ2n) is 4.72. The summed E-state index contributed by atoms with van der Waals surface area (Å²) in [5.74, 6) is 1.04. The van der Waals surface area contributed by atoms with Crippen LogP contribution in [0.25, 0.3) is 11.0 Å². The molecule has 0 aliphatic rings. The van der Waals surface area contributed by atoms with E-state index in [0.29, 0.717) is 0 Å². The number of hydrogen-bond acceptors (Lipinski definition) is 3. The number of nitrogen functional groups attached to an aromatic ring is 1. The highest BCUT2D eigenvalue weighted by Crippen LogP contribution is 2.24. The lowest BCUT2D eigenvalue weighted by Gasteiger charge is -2.07. The van der Waals surface area contributed by atoms with Gasteiger partial charge in [0.1, 0.15) is 5.82 Å². The molecule has 0 spiro atoms. The first-order valence-corrected chi connectivity index (χ1v) is 7.34. The van der Waals surface area contributed by atoms with Crippen molar-refractivity contribution < 1.29 is 0 Å². The van der Waals surface area contributed by atoms with Crippen molar-refractivity contribution in [3.8, 4) is 0 Å². The van der Waals surface area contributed by atoms with Gasteiger partial charge in [0.25, 0.3) is 0 Å². The zero-order valence-corrected chi connectivity index (χ0v) is 12.0. The van der Waals surface area contributed by atoms with Crippen LogP contribution in [0.5, 0.6) is 0 Å². The molecule has 2 aromatic heterocycles. The van der Waals surface area contributed by atoms with Gasteiger partial charge in [-0.3, -0.25) is 0 Å². The molecule has 3 nitrogen and oxygen atoms in total. The van der Waals surface area contributed by atoms with Gasteiger partial charge in [-0.1, -0.05) is 6.92 Å². The smallest absolute Gasteiger partial charge is 0.107 e. The molecule has 0 saturated heterocycles. The Bertz CT molecular complexity index is 724. The van der Waals surface area contributed by atoms with Crippen LogP contribution in [0.4, 0.5) is 5.69 Å². The maximum Gasteiger partial charge on any atom is 0.107 e. The number of thiophene rings is 1. The molecule has 0 radical (unpaired) electrons. The first kappa shape index (κ1) is 12.2. The average Bonchev–Trinajstić information content (AvgIpc) is 2.95. The topological polar surface area (TPSA) is 43.8 Å². The number of nitrogens with two attached hydrogens (primary N) is 1. The van der Waals surface area contributed by atoms with E-state index >= 15 is 0 Å². The number of nitrogens with zero attached hydrogens (tertiary/aromatic N) is 2. The summed E-state index contributed by atoms with van der Waals surface area (Å²) in [5, 5.41) is 2.17. The van der Waals surface area contributed by atoms with Gasteiger partial charge >= 0.3 is 0 Å². The number of aromatic nitrogens is 2. The molecule has 0 saturated carbocycles. The van der Waals surface area contributed by atoms with Crippen molar-refractivity contribution in [2.75, 3.05) is 5.73 Å². The monoisotopic (exact) mass is 271 g/mol. The quantitative estimate of drug-likeness (QED) is 0.740. The van der Waals surface area contributed by atoms with Crippen LogP contribution in [0.1, 0.15) is 23.2 Å². The highest BCUT2D eigenvalue weighted by molar-refractivity contribution is 7.10. The summed E-state index contributed by atoms with van der Waals surface area (Å²) >= 11 is 1.82. The molecular formula is C15H17N3S. The van der Waals surface area contributed by atoms with E-state index in [1.165, 1.54) is 10.4 Å². The minimum absolute atomic E-state index is 0.766. The third-order valence-corrected chi connectivity index (χ3v) is 4.43. The van der Waals surface area contributed by atoms with Crippen molar-refractivity contribution in [3.63, 3.8) is 0 Å². The average molecular weight is 271 g/mol. The largest absolute Gasteiger partial charge is 0.399 e. The number of rotatable bonds is 3. The summed E-state index contributed by atoms with van der Waals surface area (Å²) in [6.45, 7) is 5.15. The van der Waals surface area contributed by atoms with Crippen LogP contribution in [-0.2, 0) is 13.0 Å². The first-order chi connectivity index (χ1) is 9.19. The van der Waals surface area contributed by atoms with Gasteiger partial charge in [0.15, 0.2) is 0 Å². The molecule has 0 amide bonds. The van der Waals surface area contributed by atoms with Gasteiger partial charge in [0.2, 0.25) is 0 Å². The number of fused-ring (bicyclic) bond motifs is 1. The summed E-state index contributed by atoms with van der Waals surface area (Å²) in [6.07, 6.45) is 1.08. The zero-order valence-electron chi connectivity index (χ0n) is 11.2. The van der Waals surface area contributed by atoms with Gasteiger partial charge in [-0.15, -0.1) is 11.3 Å². The van der Waals surface area contributed by atoms with Crippen molar-refractivity contribution in [3.05, 3.63) is 45.9 Å². The standard InChI is InChI=1S/C15H17N3S/c1-3-11-6-7-19-15(11)9-18-10(2)17-13-8-12(16)4-5-14(13)18/h4-8H,3,9,16H2,1-2H3. The zero-order chi connectivity index (χ0) is 13.4. The van der Waals surface area contributed by atoms with E-state index in [2.05, 4.69) is 40.9 Å². The second kappa shape index (κ2) is 4.70. The normalized spacial score (nSPS) is 11.3. The highest BCUT2D eigenvalue weighted by Gasteiger charge is 2.10. The first-order valence-electron chi connectivity index (χ1n) is 6.46. The second-order valence-corrected chi connectivity index (χ2v) is 5.72. The van der Waals surface area contributed by atoms with Crippen LogP contribution >= 0.6 is 11.3 Å². The van der Waals surface area contributed by atoms with E-state index in [4.69, 9.17) is 5.73 Å². The molecule has 4 heteroatoms. The van der Waals surface area contributed by atoms with Gasteiger partial charge in [0, 0.05) is 10.6 Å². The summed E-state index contributed by atoms with van der Waals surface area (Å²) < 4.78 is 2.26. The third-order valence-electron chi connectivity index (χ3n) is 3.48. The number of hydrogen-bond donors (Lipinski definition) is 1. The molecule has 0 aliphatic carbocycles. The van der Waals surface area contributed by atoms with Gasteiger partial charge in [-0.25, -0.2) is 4.98 Å². The minimum atomic E-state index is 0.766. The van der Waals surface area contributed by atoms with Crippen LogP contribution in [0.15, 0.2) is 29.6 Å². The number of imidazole rings is 1. The van der Waals surface area contributed by atoms with Crippen LogP contribution in [0.3, 0.4) is 0 Å². The molecule has 0 aliphatic heterocycles. The van der Waals surface area contributed by atoms with E-state index in [9.17, 15) is 0 Å². The summed E-state index contributed by atoms with van der Waals surface area (Å²) in [4.78, 5) is 6.02. The number of anilines is 1. The Hall–Kier alpha value is -1.81. The highest BCUT2D eigenvalue weighted by atomic mass is 32.1. The Balaban J connectivity index is 2.08. The van der Waals surface area contributed by atoms with Crippen molar-refractivity contribution >= 4 is 28.1 Å². The predicted octanol–water partition coefficient (Wildman–Crippen LogP) is 3.60. The molecule has 3 aromatic rings. The molecule has 0 fully saturated rings. The summed E-state index contributed by atoms with van der Waals surface area (Å²) in [6, 6.07) is 8.15. The van der Waals surface area contributed by atoms with E-state index in [-0.39, 0.29) is 0 Å². The Morgan fingerprint density at radius 2 is 2.16 bits per heavy atom. The minimum Gasteiger partial charge on any atom is -0.399 e. The molecule has 0 atom stereocenters. The lowest BCUT2D eigenvalue weighted by molar-refractivity contribution is 0.789. The van der Waals surface area contributed by atoms with Gasteiger partial charge < -0.3 is 10.3 Å². The van der Waals surface area contributed by atoms with Crippen molar-refractivity contribution in [1.29, 1.82) is 0 Å². The molecule has 19 heavy (non-hydrogen) atoms. The van der Waals surface area contributed by atoms with E-state index in [0.717, 1.165) is 35.5 Å². The fraction of sp³-hybridized carbons (Fsp3) is 0.267. The predicted molar refractivity (Wildman–Crippen MR) is 81.7 cm³/mol. The number of aryl methyl sites for hydroxylation is 2. The van der Waals surface area contributed by atoms with E-state index in [1.54, 1.807) is 0 Å². The van der Waals surface area contributed by atoms with Gasteiger partial charge in [-0.05, 0) is 48.6 Å². The van der Waals surface area contributed by atoms with Gasteiger partial charge in [-0.2, -0.15) is 0 Å². The van der Waals surface area contributed by atoms with Crippen molar-refractivity contribution in [1.82, 2.24) is 9.55 Å². The molecule has 2 heterocycles. The lowest BCUT2D eigenvalue weighted by atomic mass is 10.2. The summed E-state index contributed by atoms with van der Waals surface area (Å²) in [7, 11) is 0. The molecule has 0 unspecified atom stereocenters. The Labute approximate surface area is 116 Å². The van der Waals surface area contributed by atoms with Crippen LogP contribution in [0, 0.1) is 6.92 Å². The lowest BCUT2D eigenvalue weighted by Crippen LogP contribution is -2.02. The maximum atomic E-state index is 5.82. The molecular weight excluding hydrogens is 254 g/mol. The molecule has 2 N–H and O–H groups in total. The van der Waals surface area contributed by atoms with Crippen LogP contribution in [-0.4, -0.2) is 9.55 Å². The Morgan fingerprint density at radius 1 is 1.32 bits per heavy atom. The molecule has 3 rings (SSSR count). The molecule has 1 aromatic carbocycles. The van der Waals surface area contributed by atoms with Gasteiger partial charge in [0.05, 0.1) is 17.6 Å². The Morgan fingerprint density at radius 3 is 2.95 bits per heavy atom. The fourth-order valence-electron chi connectivity index (χ4n) is 2.43. The van der Waals surface area contributed by atoms with Crippen molar-refractivity contribution in [2.24, 2.45) is 0 Å². The van der Waals surface area contributed by atoms with Crippen molar-refractivity contribution in [2.45, 2.75) is 26.8 Å².